The maximum Gasteiger partial charge on any atom is 0.411 e. The number of hydrogen-bond donors (Lipinski definition) is 1. The van der Waals surface area contributed by atoms with Crippen LogP contribution in [0.15, 0.2) is 47.2 Å². The molecule has 0 bridgehead atoms. The van der Waals surface area contributed by atoms with E-state index in [2.05, 4.69) is 10.3 Å². The summed E-state index contributed by atoms with van der Waals surface area (Å²) >= 11 is 0. The monoisotopic (exact) mass is 266 g/mol. The molecule has 0 radical (unpaired) electrons. The first-order valence-electron chi connectivity index (χ1n) is 6.20. The number of carbonyl (C=O) groups excluding carboxylic acids is 1. The third-order valence-corrected chi connectivity index (χ3v) is 3.36. The van der Waals surface area contributed by atoms with Gasteiger partial charge in [-0.3, -0.25) is 5.32 Å². The quantitative estimate of drug-likeness (QED) is 0.731. The highest BCUT2D eigenvalue weighted by molar-refractivity contribution is 5.89. The van der Waals surface area contributed by atoms with E-state index in [0.29, 0.717) is 6.61 Å². The lowest BCUT2D eigenvalue weighted by Gasteiger charge is -2.18. The zero-order valence-electron chi connectivity index (χ0n) is 10.4. The van der Waals surface area contributed by atoms with E-state index in [-0.39, 0.29) is 0 Å². The Balaban J connectivity index is 1.80. The fraction of sp³-hybridized carbons (Fsp3) is 0.0667. The maximum absolute atomic E-state index is 11.1. The van der Waals surface area contributed by atoms with Crippen molar-refractivity contribution < 1.29 is 13.9 Å². The molecule has 2 aromatic carbocycles. The van der Waals surface area contributed by atoms with Gasteiger partial charge in [-0.05, 0) is 35.4 Å². The molecular weight excluding hydrogens is 256 g/mol. The van der Waals surface area contributed by atoms with E-state index >= 15 is 0 Å². The Morgan fingerprint density at radius 3 is 2.90 bits per heavy atom. The second-order valence-corrected chi connectivity index (χ2v) is 4.61. The van der Waals surface area contributed by atoms with Gasteiger partial charge in [0.2, 0.25) is 0 Å². The molecule has 4 rings (SSSR count). The molecule has 5 heteroatoms. The van der Waals surface area contributed by atoms with Crippen LogP contribution in [0.1, 0.15) is 5.56 Å². The number of anilines is 1. The van der Waals surface area contributed by atoms with E-state index in [0.717, 1.165) is 33.5 Å². The van der Waals surface area contributed by atoms with E-state index in [9.17, 15) is 4.79 Å². The summed E-state index contributed by atoms with van der Waals surface area (Å²) < 4.78 is 10.2. The summed E-state index contributed by atoms with van der Waals surface area (Å²) in [5, 5.41) is 2.68. The Morgan fingerprint density at radius 1 is 1.10 bits per heavy atom. The molecule has 1 N–H and O–H groups in total. The lowest BCUT2D eigenvalue weighted by Crippen LogP contribution is -2.20. The summed E-state index contributed by atoms with van der Waals surface area (Å²) in [7, 11) is 0. The minimum atomic E-state index is -0.408. The smallest absolute Gasteiger partial charge is 0.411 e. The Kier molecular flexibility index (Phi) is 2.26. The molecule has 1 amide bonds. The van der Waals surface area contributed by atoms with E-state index in [1.54, 1.807) is 0 Å². The molecule has 20 heavy (non-hydrogen) atoms. The first-order valence-corrected chi connectivity index (χ1v) is 6.20. The van der Waals surface area contributed by atoms with Gasteiger partial charge in [0.05, 0.1) is 5.69 Å². The van der Waals surface area contributed by atoms with Gasteiger partial charge in [-0.1, -0.05) is 12.1 Å². The van der Waals surface area contributed by atoms with Crippen LogP contribution in [-0.4, -0.2) is 11.1 Å². The van der Waals surface area contributed by atoms with Crippen molar-refractivity contribution in [3.05, 3.63) is 48.4 Å². The summed E-state index contributed by atoms with van der Waals surface area (Å²) in [6.07, 6.45) is 1.03. The van der Waals surface area contributed by atoms with Crippen LogP contribution >= 0.6 is 0 Å². The number of fused-ring (bicyclic) bond motifs is 2. The van der Waals surface area contributed by atoms with E-state index in [1.807, 2.05) is 36.4 Å². The van der Waals surface area contributed by atoms with Crippen LogP contribution in [-0.2, 0) is 11.3 Å². The number of amides is 1. The fourth-order valence-corrected chi connectivity index (χ4v) is 2.34. The third kappa shape index (κ3) is 1.72. The Bertz CT molecular complexity index is 823. The number of carbonyl (C=O) groups is 1. The lowest BCUT2D eigenvalue weighted by molar-refractivity contribution is 0.151. The molecule has 0 saturated carbocycles. The summed E-state index contributed by atoms with van der Waals surface area (Å²) in [4.78, 5) is 15.3. The molecule has 0 atom stereocenters. The summed E-state index contributed by atoms with van der Waals surface area (Å²) in [6.45, 7) is 0.293. The molecule has 0 saturated heterocycles. The van der Waals surface area contributed by atoms with Crippen molar-refractivity contribution in [2.45, 2.75) is 6.61 Å². The fourth-order valence-electron chi connectivity index (χ4n) is 2.34. The Morgan fingerprint density at radius 2 is 1.95 bits per heavy atom. The van der Waals surface area contributed by atoms with Crippen LogP contribution in [0, 0.1) is 0 Å². The molecule has 0 spiro atoms. The molecule has 1 aliphatic rings. The van der Waals surface area contributed by atoms with E-state index in [1.165, 1.54) is 6.39 Å². The number of oxazole rings is 1. The third-order valence-electron chi connectivity index (χ3n) is 3.36. The summed E-state index contributed by atoms with van der Waals surface area (Å²) in [6, 6.07) is 11.7. The van der Waals surface area contributed by atoms with Crippen LogP contribution in [0.2, 0.25) is 0 Å². The molecule has 2 heterocycles. The minimum absolute atomic E-state index is 0.293. The number of nitrogens with one attached hydrogen (secondary N) is 1. The maximum atomic E-state index is 11.1. The molecule has 5 nitrogen and oxygen atoms in total. The van der Waals surface area contributed by atoms with Gasteiger partial charge in [0, 0.05) is 5.56 Å². The zero-order valence-corrected chi connectivity index (χ0v) is 10.4. The van der Waals surface area contributed by atoms with Gasteiger partial charge in [-0.25, -0.2) is 9.78 Å². The van der Waals surface area contributed by atoms with Crippen molar-refractivity contribution in [2.75, 3.05) is 5.32 Å². The van der Waals surface area contributed by atoms with Crippen LogP contribution in [0.3, 0.4) is 0 Å². The van der Waals surface area contributed by atoms with Crippen molar-refractivity contribution >= 4 is 22.9 Å². The second-order valence-electron chi connectivity index (χ2n) is 4.61. The largest absolute Gasteiger partial charge is 0.444 e. The van der Waals surface area contributed by atoms with Crippen LogP contribution in [0.4, 0.5) is 10.5 Å². The highest BCUT2D eigenvalue weighted by Gasteiger charge is 2.16. The first-order chi connectivity index (χ1) is 9.79. The van der Waals surface area contributed by atoms with Crippen molar-refractivity contribution in [3.63, 3.8) is 0 Å². The van der Waals surface area contributed by atoms with Crippen LogP contribution in [0.25, 0.3) is 22.2 Å². The van der Waals surface area contributed by atoms with Gasteiger partial charge in [-0.15, -0.1) is 0 Å². The molecule has 0 unspecified atom stereocenters. The molecular formula is C15H10N2O3. The van der Waals surface area contributed by atoms with Crippen molar-refractivity contribution in [3.8, 4) is 11.1 Å². The SMILES string of the molecule is O=C1Nc2ccc(-c3ccc4ocnc4c3)cc2CO1. The average Bonchev–Trinajstić information content (AvgIpc) is 2.94. The van der Waals surface area contributed by atoms with Gasteiger partial charge in [0.1, 0.15) is 12.1 Å². The molecule has 3 aromatic rings. The Hall–Kier alpha value is -2.82. The van der Waals surface area contributed by atoms with Gasteiger partial charge >= 0.3 is 6.09 Å². The standard InChI is InChI=1S/C15H10N2O3/c18-15-17-12-3-1-9(5-11(12)7-19-15)10-2-4-14-13(6-10)16-8-20-14/h1-6,8H,7H2,(H,17,18). The number of rotatable bonds is 1. The Labute approximate surface area is 114 Å². The van der Waals surface area contributed by atoms with Crippen molar-refractivity contribution in [1.82, 2.24) is 4.98 Å². The topological polar surface area (TPSA) is 64.4 Å². The van der Waals surface area contributed by atoms with Gasteiger partial charge in [-0.2, -0.15) is 0 Å². The van der Waals surface area contributed by atoms with Gasteiger partial charge in [0.25, 0.3) is 0 Å². The molecule has 0 aliphatic carbocycles. The summed E-state index contributed by atoms with van der Waals surface area (Å²) in [5.41, 5.74) is 5.45. The lowest BCUT2D eigenvalue weighted by atomic mass is 10.0. The highest BCUT2D eigenvalue weighted by Crippen LogP contribution is 2.29. The molecule has 1 aliphatic heterocycles. The number of ether oxygens (including phenoxy) is 1. The average molecular weight is 266 g/mol. The first kappa shape index (κ1) is 11.0. The number of nitrogens with zero attached hydrogens (tertiary/aromatic N) is 1. The van der Waals surface area contributed by atoms with Gasteiger partial charge < -0.3 is 9.15 Å². The van der Waals surface area contributed by atoms with Crippen LogP contribution in [0.5, 0.6) is 0 Å². The molecule has 98 valence electrons. The number of benzene rings is 2. The zero-order chi connectivity index (χ0) is 13.5. The number of cyclic esters (lactones) is 1. The van der Waals surface area contributed by atoms with Crippen molar-refractivity contribution in [1.29, 1.82) is 0 Å². The highest BCUT2D eigenvalue weighted by atomic mass is 16.5. The molecule has 1 aromatic heterocycles. The van der Waals surface area contributed by atoms with Crippen LogP contribution < -0.4 is 5.32 Å². The predicted molar refractivity (Wildman–Crippen MR) is 73.3 cm³/mol. The van der Waals surface area contributed by atoms with E-state index in [4.69, 9.17) is 9.15 Å². The minimum Gasteiger partial charge on any atom is -0.444 e. The predicted octanol–water partition coefficient (Wildman–Crippen LogP) is 3.56. The van der Waals surface area contributed by atoms with E-state index < -0.39 is 6.09 Å². The normalized spacial score (nSPS) is 13.7. The van der Waals surface area contributed by atoms with Crippen molar-refractivity contribution in [2.24, 2.45) is 0 Å². The molecule has 0 fully saturated rings. The number of hydrogen-bond acceptors (Lipinski definition) is 4. The number of aromatic nitrogens is 1. The van der Waals surface area contributed by atoms with Gasteiger partial charge in [0.15, 0.2) is 12.0 Å². The summed E-state index contributed by atoms with van der Waals surface area (Å²) in [5.74, 6) is 0. The second kappa shape index (κ2) is 4.09.